The smallest absolute Gasteiger partial charge is 0.265 e. The van der Waals surface area contributed by atoms with E-state index in [0.717, 1.165) is 5.56 Å². The van der Waals surface area contributed by atoms with E-state index in [1.54, 1.807) is 81.8 Å². The number of aromatic nitrogens is 2. The van der Waals surface area contributed by atoms with Gasteiger partial charge < -0.3 is 13.9 Å². The highest BCUT2D eigenvalue weighted by molar-refractivity contribution is 7.92. The summed E-state index contributed by atoms with van der Waals surface area (Å²) in [5.41, 5.74) is 2.64. The third kappa shape index (κ3) is 4.74. The third-order valence-electron chi connectivity index (χ3n) is 5.35. The van der Waals surface area contributed by atoms with Gasteiger partial charge >= 0.3 is 0 Å². The summed E-state index contributed by atoms with van der Waals surface area (Å²) in [7, 11) is -0.800. The zero-order valence-electron chi connectivity index (χ0n) is 19.3. The van der Waals surface area contributed by atoms with E-state index in [4.69, 9.17) is 13.9 Å². The second kappa shape index (κ2) is 9.56. The minimum Gasteiger partial charge on any atom is -0.497 e. The van der Waals surface area contributed by atoms with Crippen molar-refractivity contribution in [2.75, 3.05) is 18.5 Å². The van der Waals surface area contributed by atoms with Crippen molar-refractivity contribution in [1.82, 2.24) is 10.2 Å². The van der Waals surface area contributed by atoms with E-state index < -0.39 is 10.0 Å². The first-order valence-electron chi connectivity index (χ1n) is 10.5. The maximum absolute atomic E-state index is 13.8. The van der Waals surface area contributed by atoms with Crippen molar-refractivity contribution >= 4 is 15.7 Å². The first-order chi connectivity index (χ1) is 16.3. The number of anilines is 1. The summed E-state index contributed by atoms with van der Waals surface area (Å²) >= 11 is 0. The number of aryl methyl sites for hydroxylation is 2. The minimum absolute atomic E-state index is 0.134. The third-order valence-corrected chi connectivity index (χ3v) is 7.27. The molecule has 0 saturated carbocycles. The van der Waals surface area contributed by atoms with Gasteiger partial charge in [0.1, 0.15) is 18.0 Å². The molecule has 0 aliphatic rings. The Morgan fingerprint density at radius 1 is 0.853 bits per heavy atom. The summed E-state index contributed by atoms with van der Waals surface area (Å²) in [6.45, 7) is 3.49. The van der Waals surface area contributed by atoms with Crippen LogP contribution < -0.4 is 13.8 Å². The highest BCUT2D eigenvalue weighted by Crippen LogP contribution is 2.30. The Morgan fingerprint density at radius 2 is 1.47 bits per heavy atom. The average Bonchev–Trinajstić information content (AvgIpc) is 3.33. The molecule has 0 bridgehead atoms. The lowest BCUT2D eigenvalue weighted by molar-refractivity contribution is 0.414. The Labute approximate surface area is 198 Å². The number of rotatable bonds is 8. The average molecular weight is 480 g/mol. The van der Waals surface area contributed by atoms with E-state index >= 15 is 0 Å². The van der Waals surface area contributed by atoms with Crippen LogP contribution in [-0.4, -0.2) is 32.8 Å². The number of sulfonamides is 1. The molecule has 0 unspecified atom stereocenters. The van der Waals surface area contributed by atoms with Crippen LogP contribution in [-0.2, 0) is 16.6 Å². The van der Waals surface area contributed by atoms with Crippen LogP contribution in [0.2, 0.25) is 0 Å². The molecule has 4 rings (SSSR count). The lowest BCUT2D eigenvalue weighted by Crippen LogP contribution is -2.31. The lowest BCUT2D eigenvalue weighted by Gasteiger charge is -2.24. The fourth-order valence-electron chi connectivity index (χ4n) is 3.46. The molecule has 0 N–H and O–H groups in total. The van der Waals surface area contributed by atoms with E-state index in [9.17, 15) is 8.42 Å². The lowest BCUT2D eigenvalue weighted by atomic mass is 10.2. The zero-order chi connectivity index (χ0) is 24.3. The van der Waals surface area contributed by atoms with Crippen LogP contribution in [0.15, 0.2) is 76.0 Å². The highest BCUT2D eigenvalue weighted by Gasteiger charge is 2.29. The molecule has 9 heteroatoms. The number of hydrogen-bond acceptors (Lipinski definition) is 7. The van der Waals surface area contributed by atoms with E-state index in [2.05, 4.69) is 10.2 Å². The predicted molar refractivity (Wildman–Crippen MR) is 129 cm³/mol. The molecule has 176 valence electrons. The Balaban J connectivity index is 1.73. The van der Waals surface area contributed by atoms with Crippen LogP contribution in [0, 0.1) is 13.8 Å². The molecule has 8 nitrogen and oxygen atoms in total. The molecule has 1 aromatic heterocycles. The van der Waals surface area contributed by atoms with Crippen LogP contribution in [0.5, 0.6) is 11.5 Å². The number of benzene rings is 3. The van der Waals surface area contributed by atoms with Crippen molar-refractivity contribution in [3.63, 3.8) is 0 Å². The molecular formula is C25H25N3O5S. The zero-order valence-corrected chi connectivity index (χ0v) is 20.2. The van der Waals surface area contributed by atoms with Gasteiger partial charge in [0.25, 0.3) is 10.0 Å². The van der Waals surface area contributed by atoms with Crippen LogP contribution in [0.25, 0.3) is 11.5 Å². The number of ether oxygens (including phenoxy) is 2. The maximum Gasteiger partial charge on any atom is 0.265 e. The summed E-state index contributed by atoms with van der Waals surface area (Å²) in [5.74, 6) is 1.77. The molecule has 4 aromatic rings. The van der Waals surface area contributed by atoms with Gasteiger partial charge in [-0.2, -0.15) is 0 Å². The van der Waals surface area contributed by atoms with Gasteiger partial charge in [-0.1, -0.05) is 12.1 Å². The van der Waals surface area contributed by atoms with E-state index in [1.165, 1.54) is 4.31 Å². The first kappa shape index (κ1) is 23.3. The first-order valence-corrected chi connectivity index (χ1v) is 12.0. The molecule has 0 spiro atoms. The van der Waals surface area contributed by atoms with Crippen LogP contribution >= 0.6 is 0 Å². The maximum atomic E-state index is 13.8. The summed E-state index contributed by atoms with van der Waals surface area (Å²) in [6.07, 6.45) is 0. The summed E-state index contributed by atoms with van der Waals surface area (Å²) in [5, 5.41) is 8.21. The monoisotopic (exact) mass is 479 g/mol. The number of hydrogen-bond donors (Lipinski definition) is 0. The van der Waals surface area contributed by atoms with Crippen LogP contribution in [0.3, 0.4) is 0 Å². The number of methoxy groups -OCH3 is 2. The van der Waals surface area contributed by atoms with E-state index in [0.29, 0.717) is 28.3 Å². The van der Waals surface area contributed by atoms with Crippen molar-refractivity contribution in [2.24, 2.45) is 0 Å². The second-order valence-corrected chi connectivity index (χ2v) is 9.54. The van der Waals surface area contributed by atoms with Gasteiger partial charge in [-0.25, -0.2) is 8.42 Å². The van der Waals surface area contributed by atoms with Gasteiger partial charge in [-0.3, -0.25) is 4.31 Å². The van der Waals surface area contributed by atoms with Gasteiger partial charge in [-0.05, 0) is 79.6 Å². The van der Waals surface area contributed by atoms with Crippen molar-refractivity contribution in [3.8, 4) is 23.0 Å². The highest BCUT2D eigenvalue weighted by atomic mass is 32.2. The fraction of sp³-hybridized carbons (Fsp3) is 0.200. The quantitative estimate of drug-likeness (QED) is 0.359. The molecule has 0 atom stereocenters. The Bertz CT molecular complexity index is 1380. The molecule has 0 amide bonds. The fourth-order valence-corrected chi connectivity index (χ4v) is 5.18. The molecule has 0 fully saturated rings. The minimum atomic E-state index is -3.94. The molecular weight excluding hydrogens is 454 g/mol. The standard InChI is InChI=1S/C25H25N3O5S/c1-17-5-6-18(2)23(15-17)34(29,30)28(20-9-13-22(32-4)14-10-20)16-24-26-27-25(33-24)19-7-11-21(31-3)12-8-19/h5-15H,16H2,1-4H3. The summed E-state index contributed by atoms with van der Waals surface area (Å²) in [6, 6.07) is 19.3. The van der Waals surface area contributed by atoms with Gasteiger partial charge in [0.05, 0.1) is 24.8 Å². The van der Waals surface area contributed by atoms with Crippen molar-refractivity contribution in [1.29, 1.82) is 0 Å². The largest absolute Gasteiger partial charge is 0.497 e. The molecule has 34 heavy (non-hydrogen) atoms. The van der Waals surface area contributed by atoms with Gasteiger partial charge in [0, 0.05) is 5.56 Å². The second-order valence-electron chi connectivity index (χ2n) is 7.71. The van der Waals surface area contributed by atoms with Gasteiger partial charge in [-0.15, -0.1) is 10.2 Å². The van der Waals surface area contributed by atoms with Crippen LogP contribution in [0.1, 0.15) is 17.0 Å². The molecule has 3 aromatic carbocycles. The molecule has 0 saturated heterocycles. The van der Waals surface area contributed by atoms with E-state index in [-0.39, 0.29) is 23.2 Å². The topological polar surface area (TPSA) is 94.8 Å². The normalized spacial score (nSPS) is 11.3. The Kier molecular flexibility index (Phi) is 6.56. The number of nitrogens with zero attached hydrogens (tertiary/aromatic N) is 3. The SMILES string of the molecule is COc1ccc(-c2nnc(CN(c3ccc(OC)cc3)S(=O)(=O)c3cc(C)ccc3C)o2)cc1. The predicted octanol–water partition coefficient (Wildman–Crippen LogP) is 4.77. The van der Waals surface area contributed by atoms with Crippen molar-refractivity contribution in [3.05, 3.63) is 83.7 Å². The molecule has 0 radical (unpaired) electrons. The van der Waals surface area contributed by atoms with E-state index in [1.807, 2.05) is 13.0 Å². The van der Waals surface area contributed by atoms with Crippen molar-refractivity contribution < 1.29 is 22.3 Å². The Hall–Kier alpha value is -3.85. The van der Waals surface area contributed by atoms with Gasteiger partial charge in [0.2, 0.25) is 11.8 Å². The molecule has 0 aliphatic heterocycles. The van der Waals surface area contributed by atoms with Crippen molar-refractivity contribution in [2.45, 2.75) is 25.3 Å². The summed E-state index contributed by atoms with van der Waals surface area (Å²) in [4.78, 5) is 0.221. The van der Waals surface area contributed by atoms with Gasteiger partial charge in [0.15, 0.2) is 0 Å². The Morgan fingerprint density at radius 3 is 2.09 bits per heavy atom. The molecule has 1 heterocycles. The van der Waals surface area contributed by atoms with Crippen LogP contribution in [0.4, 0.5) is 5.69 Å². The molecule has 0 aliphatic carbocycles. The summed E-state index contributed by atoms with van der Waals surface area (Å²) < 4.78 is 45.1.